The number of nitrogens with one attached hydrogen (secondary N) is 2. The van der Waals surface area contributed by atoms with Gasteiger partial charge in [-0.25, -0.2) is 0 Å². The highest BCUT2D eigenvalue weighted by molar-refractivity contribution is 14.0. The summed E-state index contributed by atoms with van der Waals surface area (Å²) in [5, 5.41) is 6.76. The highest BCUT2D eigenvalue weighted by atomic mass is 127. The van der Waals surface area contributed by atoms with Gasteiger partial charge in [0.25, 0.3) is 0 Å². The van der Waals surface area contributed by atoms with Crippen LogP contribution in [-0.2, 0) is 6.54 Å². The van der Waals surface area contributed by atoms with E-state index >= 15 is 0 Å². The number of halogens is 1. The first-order valence-electron chi connectivity index (χ1n) is 8.43. The summed E-state index contributed by atoms with van der Waals surface area (Å²) in [5.41, 5.74) is 2.38. The van der Waals surface area contributed by atoms with Gasteiger partial charge >= 0.3 is 0 Å². The number of hydrogen-bond donors (Lipinski definition) is 2. The molecule has 0 bridgehead atoms. The molecule has 0 aliphatic heterocycles. The zero-order chi connectivity index (χ0) is 18.1. The van der Waals surface area contributed by atoms with Crippen LogP contribution in [0.25, 0.3) is 0 Å². The Morgan fingerprint density at radius 1 is 1.04 bits per heavy atom. The van der Waals surface area contributed by atoms with Crippen LogP contribution in [0.15, 0.2) is 59.6 Å². The number of rotatable bonds is 7. The molecule has 142 valence electrons. The molecule has 2 N–H and O–H groups in total. The zero-order valence-corrected chi connectivity index (χ0v) is 18.2. The number of nitrogens with zero attached hydrogens (tertiary/aromatic N) is 2. The second-order valence-electron chi connectivity index (χ2n) is 6.01. The summed E-state index contributed by atoms with van der Waals surface area (Å²) in [6.45, 7) is 1.42. The summed E-state index contributed by atoms with van der Waals surface area (Å²) in [4.78, 5) is 6.52. The van der Waals surface area contributed by atoms with Gasteiger partial charge in [0.15, 0.2) is 5.96 Å². The number of guanidine groups is 1. The van der Waals surface area contributed by atoms with Crippen molar-refractivity contribution in [2.24, 2.45) is 4.99 Å². The number of benzene rings is 2. The molecule has 6 heteroatoms. The fourth-order valence-corrected chi connectivity index (χ4v) is 2.72. The van der Waals surface area contributed by atoms with Crippen molar-refractivity contribution < 1.29 is 4.74 Å². The van der Waals surface area contributed by atoms with Gasteiger partial charge in [-0.3, -0.25) is 4.99 Å². The first-order chi connectivity index (χ1) is 12.2. The van der Waals surface area contributed by atoms with Gasteiger partial charge in [-0.15, -0.1) is 24.0 Å². The summed E-state index contributed by atoms with van der Waals surface area (Å²) in [6.07, 6.45) is 0. The van der Waals surface area contributed by atoms with E-state index in [0.29, 0.717) is 6.54 Å². The molecule has 2 rings (SSSR count). The number of methoxy groups -OCH3 is 1. The molecule has 0 aromatic heterocycles. The fourth-order valence-electron chi connectivity index (χ4n) is 2.72. The van der Waals surface area contributed by atoms with Gasteiger partial charge in [-0.05, 0) is 25.7 Å². The Morgan fingerprint density at radius 2 is 1.69 bits per heavy atom. The van der Waals surface area contributed by atoms with E-state index in [4.69, 9.17) is 4.74 Å². The van der Waals surface area contributed by atoms with Crippen molar-refractivity contribution in [3.63, 3.8) is 0 Å². The molecule has 0 heterocycles. The predicted octanol–water partition coefficient (Wildman–Crippen LogP) is 3.28. The molecule has 0 amide bonds. The van der Waals surface area contributed by atoms with E-state index in [1.165, 1.54) is 5.56 Å². The molecule has 1 atom stereocenters. The smallest absolute Gasteiger partial charge is 0.191 e. The van der Waals surface area contributed by atoms with E-state index in [1.54, 1.807) is 14.2 Å². The summed E-state index contributed by atoms with van der Waals surface area (Å²) in [6, 6.07) is 18.7. The van der Waals surface area contributed by atoms with Crippen LogP contribution in [0.1, 0.15) is 17.2 Å². The third-order valence-electron chi connectivity index (χ3n) is 4.13. The standard InChI is InChI=1S/C20H28N4O.HI/c1-21-20(22-14-17-12-8-9-13-19(17)25-4)23-15-18(24(2)3)16-10-6-5-7-11-16;/h5-13,18H,14-15H2,1-4H3,(H2,21,22,23);1H. The second-order valence-corrected chi connectivity index (χ2v) is 6.01. The molecular weight excluding hydrogens is 439 g/mol. The molecule has 0 saturated carbocycles. The first kappa shape index (κ1) is 22.2. The summed E-state index contributed by atoms with van der Waals surface area (Å²) in [7, 11) is 7.65. The largest absolute Gasteiger partial charge is 0.496 e. The van der Waals surface area contributed by atoms with Crippen molar-refractivity contribution in [2.45, 2.75) is 12.6 Å². The Morgan fingerprint density at radius 3 is 2.31 bits per heavy atom. The normalized spacial score (nSPS) is 12.3. The number of hydrogen-bond acceptors (Lipinski definition) is 3. The van der Waals surface area contributed by atoms with Crippen molar-refractivity contribution in [1.29, 1.82) is 0 Å². The van der Waals surface area contributed by atoms with E-state index < -0.39 is 0 Å². The molecule has 0 aliphatic carbocycles. The van der Waals surface area contributed by atoms with Crippen LogP contribution in [0.2, 0.25) is 0 Å². The molecule has 0 radical (unpaired) electrons. The van der Waals surface area contributed by atoms with Gasteiger partial charge in [-0.1, -0.05) is 48.5 Å². The van der Waals surface area contributed by atoms with E-state index in [0.717, 1.165) is 23.8 Å². The maximum absolute atomic E-state index is 5.39. The van der Waals surface area contributed by atoms with Gasteiger partial charge < -0.3 is 20.3 Å². The quantitative estimate of drug-likeness (QED) is 0.372. The average Bonchev–Trinajstić information content (AvgIpc) is 2.65. The van der Waals surface area contributed by atoms with E-state index in [-0.39, 0.29) is 30.0 Å². The molecule has 2 aromatic rings. The predicted molar refractivity (Wildman–Crippen MR) is 119 cm³/mol. The SMILES string of the molecule is CN=C(NCc1ccccc1OC)NCC(c1ccccc1)N(C)C.I. The molecule has 5 nitrogen and oxygen atoms in total. The lowest BCUT2D eigenvalue weighted by molar-refractivity contribution is 0.298. The molecule has 0 fully saturated rings. The second kappa shape index (κ2) is 11.7. The van der Waals surface area contributed by atoms with E-state index in [9.17, 15) is 0 Å². The summed E-state index contributed by atoms with van der Waals surface area (Å²) >= 11 is 0. The summed E-state index contributed by atoms with van der Waals surface area (Å²) < 4.78 is 5.39. The highest BCUT2D eigenvalue weighted by Gasteiger charge is 2.14. The molecule has 0 saturated heterocycles. The average molecular weight is 468 g/mol. The van der Waals surface area contributed by atoms with E-state index in [2.05, 4.69) is 58.9 Å². The molecule has 2 aromatic carbocycles. The molecule has 0 spiro atoms. The Labute approximate surface area is 173 Å². The minimum Gasteiger partial charge on any atom is -0.496 e. The third kappa shape index (κ3) is 6.49. The molecule has 1 unspecified atom stereocenters. The van der Waals surface area contributed by atoms with Gasteiger partial charge in [0.1, 0.15) is 5.75 Å². The first-order valence-corrected chi connectivity index (χ1v) is 8.43. The topological polar surface area (TPSA) is 48.9 Å². The summed E-state index contributed by atoms with van der Waals surface area (Å²) in [5.74, 6) is 1.65. The van der Waals surface area contributed by atoms with Gasteiger partial charge in [-0.2, -0.15) is 0 Å². The third-order valence-corrected chi connectivity index (χ3v) is 4.13. The highest BCUT2D eigenvalue weighted by Crippen LogP contribution is 2.17. The van der Waals surface area contributed by atoms with Crippen molar-refractivity contribution in [1.82, 2.24) is 15.5 Å². The van der Waals surface area contributed by atoms with E-state index in [1.807, 2.05) is 30.3 Å². The minimum absolute atomic E-state index is 0. The number of ether oxygens (including phenoxy) is 1. The van der Waals surface area contributed by atoms with Crippen molar-refractivity contribution in [3.8, 4) is 5.75 Å². The molecule has 26 heavy (non-hydrogen) atoms. The maximum atomic E-state index is 5.39. The van der Waals surface area contributed by atoms with Gasteiger partial charge in [0, 0.05) is 25.7 Å². The Hall–Kier alpha value is -1.80. The number of likely N-dealkylation sites (N-methyl/N-ethyl adjacent to an activating group) is 1. The van der Waals surface area contributed by atoms with Crippen molar-refractivity contribution in [3.05, 3.63) is 65.7 Å². The van der Waals surface area contributed by atoms with Crippen LogP contribution in [-0.4, -0.2) is 45.7 Å². The monoisotopic (exact) mass is 468 g/mol. The lowest BCUT2D eigenvalue weighted by Gasteiger charge is -2.26. The molecule has 0 aliphatic rings. The number of aliphatic imine (C=N–C) groups is 1. The Kier molecular flexibility index (Phi) is 10.0. The fraction of sp³-hybridized carbons (Fsp3) is 0.350. The van der Waals surface area contributed by atoms with Crippen LogP contribution >= 0.6 is 24.0 Å². The van der Waals surface area contributed by atoms with Crippen LogP contribution in [0.3, 0.4) is 0 Å². The lowest BCUT2D eigenvalue weighted by Crippen LogP contribution is -2.41. The minimum atomic E-state index is 0. The maximum Gasteiger partial charge on any atom is 0.191 e. The van der Waals surface area contributed by atoms with Crippen molar-refractivity contribution >= 4 is 29.9 Å². The van der Waals surface area contributed by atoms with Crippen LogP contribution in [0.4, 0.5) is 0 Å². The van der Waals surface area contributed by atoms with Gasteiger partial charge in [0.2, 0.25) is 0 Å². The van der Waals surface area contributed by atoms with Crippen LogP contribution < -0.4 is 15.4 Å². The van der Waals surface area contributed by atoms with Gasteiger partial charge in [0.05, 0.1) is 13.2 Å². The van der Waals surface area contributed by atoms with Crippen molar-refractivity contribution in [2.75, 3.05) is 34.8 Å². The Balaban J connectivity index is 0.00000338. The molecular formula is C20H29IN4O. The lowest BCUT2D eigenvalue weighted by atomic mass is 10.1. The van der Waals surface area contributed by atoms with Crippen LogP contribution in [0, 0.1) is 0 Å². The number of para-hydroxylation sites is 1. The Bertz CT molecular complexity index is 677. The van der Waals surface area contributed by atoms with Crippen LogP contribution in [0.5, 0.6) is 5.75 Å². The zero-order valence-electron chi connectivity index (χ0n) is 15.9.